The van der Waals surface area contributed by atoms with E-state index in [2.05, 4.69) is 5.32 Å². The van der Waals surface area contributed by atoms with Crippen LogP contribution in [-0.2, 0) is 11.3 Å². The van der Waals surface area contributed by atoms with Crippen LogP contribution in [0.2, 0.25) is 0 Å². The first kappa shape index (κ1) is 18.3. The Morgan fingerprint density at radius 1 is 1.12 bits per heavy atom. The molecular weight excluding hydrogens is 306 g/mol. The van der Waals surface area contributed by atoms with Gasteiger partial charge in [-0.2, -0.15) is 0 Å². The van der Waals surface area contributed by atoms with Crippen LogP contribution in [0, 0.1) is 5.92 Å². The molecule has 1 heterocycles. The van der Waals surface area contributed by atoms with Gasteiger partial charge in [0, 0.05) is 26.1 Å². The minimum atomic E-state index is -0.320. The maximum atomic E-state index is 12.2. The van der Waals surface area contributed by atoms with Gasteiger partial charge in [0.15, 0.2) is 0 Å². The average Bonchev–Trinajstić information content (AvgIpc) is 2.64. The van der Waals surface area contributed by atoms with Gasteiger partial charge in [0.1, 0.15) is 0 Å². The van der Waals surface area contributed by atoms with Crippen LogP contribution in [0.15, 0.2) is 30.3 Å². The van der Waals surface area contributed by atoms with Crippen molar-refractivity contribution in [1.82, 2.24) is 15.7 Å². The van der Waals surface area contributed by atoms with E-state index < -0.39 is 0 Å². The van der Waals surface area contributed by atoms with Gasteiger partial charge in [-0.3, -0.25) is 10.0 Å². The van der Waals surface area contributed by atoms with Crippen LogP contribution in [0.5, 0.6) is 0 Å². The van der Waals surface area contributed by atoms with Gasteiger partial charge in [-0.05, 0) is 30.7 Å². The molecular formula is C18H27N3O3. The number of hydrogen-bond donors (Lipinski definition) is 3. The third-order valence-corrected chi connectivity index (χ3v) is 4.58. The summed E-state index contributed by atoms with van der Waals surface area (Å²) in [7, 11) is 0. The van der Waals surface area contributed by atoms with Crippen molar-refractivity contribution in [2.75, 3.05) is 13.1 Å². The lowest BCUT2D eigenvalue weighted by Gasteiger charge is -2.32. The van der Waals surface area contributed by atoms with E-state index in [9.17, 15) is 9.59 Å². The SMILES string of the molecule is O=C(CCCCC1CCN(C(=O)NCc2ccccc2)CC1)NO. The van der Waals surface area contributed by atoms with Crippen LogP contribution in [0.4, 0.5) is 4.79 Å². The van der Waals surface area contributed by atoms with Gasteiger partial charge in [-0.15, -0.1) is 0 Å². The average molecular weight is 333 g/mol. The summed E-state index contributed by atoms with van der Waals surface area (Å²) in [5, 5.41) is 11.4. The third-order valence-electron chi connectivity index (χ3n) is 4.58. The van der Waals surface area contributed by atoms with E-state index in [1.807, 2.05) is 35.2 Å². The number of benzene rings is 1. The van der Waals surface area contributed by atoms with Crippen LogP contribution >= 0.6 is 0 Å². The van der Waals surface area contributed by atoms with E-state index in [-0.39, 0.29) is 11.9 Å². The van der Waals surface area contributed by atoms with E-state index in [4.69, 9.17) is 5.21 Å². The Hall–Kier alpha value is -2.08. The molecule has 0 unspecified atom stereocenters. The van der Waals surface area contributed by atoms with Crippen molar-refractivity contribution in [3.63, 3.8) is 0 Å². The highest BCUT2D eigenvalue weighted by Gasteiger charge is 2.22. The summed E-state index contributed by atoms with van der Waals surface area (Å²) >= 11 is 0. The molecule has 24 heavy (non-hydrogen) atoms. The lowest BCUT2D eigenvalue weighted by atomic mass is 9.91. The molecule has 0 saturated carbocycles. The Bertz CT molecular complexity index is 514. The zero-order valence-corrected chi connectivity index (χ0v) is 14.0. The van der Waals surface area contributed by atoms with Crippen molar-refractivity contribution < 1.29 is 14.8 Å². The molecule has 0 atom stereocenters. The Balaban J connectivity index is 1.60. The minimum absolute atomic E-state index is 0.0110. The molecule has 1 aromatic carbocycles. The number of amides is 3. The third kappa shape index (κ3) is 6.20. The molecule has 1 aliphatic rings. The van der Waals surface area contributed by atoms with Crippen molar-refractivity contribution in [1.29, 1.82) is 0 Å². The quantitative estimate of drug-likeness (QED) is 0.408. The lowest BCUT2D eigenvalue weighted by molar-refractivity contribution is -0.129. The molecule has 1 saturated heterocycles. The Kier molecular flexibility index (Phi) is 7.55. The number of nitrogens with one attached hydrogen (secondary N) is 2. The fraction of sp³-hybridized carbons (Fsp3) is 0.556. The molecule has 1 aliphatic heterocycles. The number of likely N-dealkylation sites (tertiary alicyclic amines) is 1. The molecule has 0 aromatic heterocycles. The fourth-order valence-electron chi connectivity index (χ4n) is 3.08. The predicted molar refractivity (Wildman–Crippen MR) is 91.4 cm³/mol. The van der Waals surface area contributed by atoms with Gasteiger partial charge >= 0.3 is 6.03 Å². The zero-order chi connectivity index (χ0) is 17.2. The summed E-state index contributed by atoms with van der Waals surface area (Å²) in [4.78, 5) is 25.0. The fourth-order valence-corrected chi connectivity index (χ4v) is 3.08. The standard InChI is InChI=1S/C18H27N3O3/c22-17(20-24)9-5-4-6-15-10-12-21(13-11-15)18(23)19-14-16-7-2-1-3-8-16/h1-3,7-8,15,24H,4-6,9-14H2,(H,19,23)(H,20,22). The van der Waals surface area contributed by atoms with E-state index in [0.717, 1.165) is 50.8 Å². The summed E-state index contributed by atoms with van der Waals surface area (Å²) in [6.45, 7) is 2.15. The van der Waals surface area contributed by atoms with Crippen molar-refractivity contribution in [2.45, 2.75) is 45.1 Å². The van der Waals surface area contributed by atoms with Crippen molar-refractivity contribution in [2.24, 2.45) is 5.92 Å². The van der Waals surface area contributed by atoms with Crippen molar-refractivity contribution in [3.8, 4) is 0 Å². The normalized spacial score (nSPS) is 15.1. The van der Waals surface area contributed by atoms with Gasteiger partial charge < -0.3 is 10.2 Å². The zero-order valence-electron chi connectivity index (χ0n) is 14.0. The molecule has 3 amide bonds. The first-order valence-corrected chi connectivity index (χ1v) is 8.68. The summed E-state index contributed by atoms with van der Waals surface area (Å²) in [6.07, 6.45) is 5.27. The van der Waals surface area contributed by atoms with Crippen LogP contribution in [0.25, 0.3) is 0 Å². The molecule has 1 fully saturated rings. The Labute approximate surface area is 143 Å². The molecule has 6 heteroatoms. The molecule has 132 valence electrons. The van der Waals surface area contributed by atoms with Crippen LogP contribution in [0.1, 0.15) is 44.1 Å². The largest absolute Gasteiger partial charge is 0.334 e. The smallest absolute Gasteiger partial charge is 0.317 e. The first-order valence-electron chi connectivity index (χ1n) is 8.68. The number of nitrogens with zero attached hydrogens (tertiary/aromatic N) is 1. The van der Waals surface area contributed by atoms with Crippen LogP contribution in [-0.4, -0.2) is 35.1 Å². The lowest BCUT2D eigenvalue weighted by Crippen LogP contribution is -2.44. The number of unbranched alkanes of at least 4 members (excludes halogenated alkanes) is 1. The van der Waals surface area contributed by atoms with E-state index >= 15 is 0 Å². The highest BCUT2D eigenvalue weighted by Crippen LogP contribution is 2.23. The summed E-state index contributed by atoms with van der Waals surface area (Å²) in [6, 6.07) is 9.92. The minimum Gasteiger partial charge on any atom is -0.334 e. The van der Waals surface area contributed by atoms with Gasteiger partial charge in [-0.25, -0.2) is 10.3 Å². The maximum absolute atomic E-state index is 12.2. The van der Waals surface area contributed by atoms with Crippen molar-refractivity contribution in [3.05, 3.63) is 35.9 Å². The predicted octanol–water partition coefficient (Wildman–Crippen LogP) is 2.67. The number of urea groups is 1. The first-order chi connectivity index (χ1) is 11.7. The number of rotatable bonds is 7. The molecule has 0 radical (unpaired) electrons. The highest BCUT2D eigenvalue weighted by molar-refractivity contribution is 5.74. The van der Waals surface area contributed by atoms with E-state index in [1.54, 1.807) is 5.48 Å². The second kappa shape index (κ2) is 9.93. The number of hydroxylamine groups is 1. The van der Waals surface area contributed by atoms with Gasteiger partial charge in [0.2, 0.25) is 5.91 Å². The summed E-state index contributed by atoms with van der Waals surface area (Å²) in [5.74, 6) is 0.306. The number of carbonyl (C=O) groups is 2. The van der Waals surface area contributed by atoms with Gasteiger partial charge in [0.05, 0.1) is 0 Å². The van der Waals surface area contributed by atoms with E-state index in [0.29, 0.717) is 18.9 Å². The van der Waals surface area contributed by atoms with Crippen LogP contribution < -0.4 is 10.8 Å². The number of piperidine rings is 1. The summed E-state index contributed by atoms with van der Waals surface area (Å²) < 4.78 is 0. The molecule has 6 nitrogen and oxygen atoms in total. The topological polar surface area (TPSA) is 81.7 Å². The molecule has 0 aliphatic carbocycles. The highest BCUT2D eigenvalue weighted by atomic mass is 16.5. The Morgan fingerprint density at radius 2 is 1.83 bits per heavy atom. The molecule has 1 aromatic rings. The van der Waals surface area contributed by atoms with Crippen LogP contribution in [0.3, 0.4) is 0 Å². The summed E-state index contributed by atoms with van der Waals surface area (Å²) in [5.41, 5.74) is 2.76. The second-order valence-corrected chi connectivity index (χ2v) is 6.36. The van der Waals surface area contributed by atoms with Gasteiger partial charge in [-0.1, -0.05) is 43.2 Å². The number of hydrogen-bond acceptors (Lipinski definition) is 3. The second-order valence-electron chi connectivity index (χ2n) is 6.36. The monoisotopic (exact) mass is 333 g/mol. The number of carbonyl (C=O) groups excluding carboxylic acids is 2. The molecule has 3 N–H and O–H groups in total. The maximum Gasteiger partial charge on any atom is 0.317 e. The molecule has 2 rings (SSSR count). The molecule has 0 bridgehead atoms. The Morgan fingerprint density at radius 3 is 2.50 bits per heavy atom. The van der Waals surface area contributed by atoms with Crippen molar-refractivity contribution >= 4 is 11.9 Å². The van der Waals surface area contributed by atoms with Gasteiger partial charge in [0.25, 0.3) is 0 Å². The van der Waals surface area contributed by atoms with E-state index in [1.165, 1.54) is 0 Å². The molecule has 0 spiro atoms.